The third-order valence-electron chi connectivity index (χ3n) is 5.86. The highest BCUT2D eigenvalue weighted by atomic mass is 35.5. The van der Waals surface area contributed by atoms with Gasteiger partial charge < -0.3 is 4.90 Å². The number of imidazole rings is 1. The quantitative estimate of drug-likeness (QED) is 0.370. The molecule has 1 unspecified atom stereocenters. The fourth-order valence-corrected chi connectivity index (χ4v) is 4.45. The number of aromatic nitrogens is 4. The average molecular weight is 490 g/mol. The monoisotopic (exact) mass is 489 g/mol. The van der Waals surface area contributed by atoms with E-state index >= 15 is 0 Å². The number of rotatable bonds is 3. The molecule has 0 N–H and O–H groups in total. The summed E-state index contributed by atoms with van der Waals surface area (Å²) in [5.41, 5.74) is -0.494. The lowest BCUT2D eigenvalue weighted by Crippen LogP contribution is -2.29. The zero-order chi connectivity index (χ0) is 24.0. The van der Waals surface area contributed by atoms with E-state index < -0.39 is 23.3 Å². The summed E-state index contributed by atoms with van der Waals surface area (Å²) in [7, 11) is 0. The highest BCUT2D eigenvalue weighted by molar-refractivity contribution is 6.33. The van der Waals surface area contributed by atoms with Gasteiger partial charge in [-0.3, -0.25) is 9.20 Å². The number of pyridine rings is 1. The third-order valence-corrected chi connectivity index (χ3v) is 6.22. The lowest BCUT2D eigenvalue weighted by atomic mass is 9.98. The summed E-state index contributed by atoms with van der Waals surface area (Å²) >= 11 is 6.39. The fourth-order valence-electron chi connectivity index (χ4n) is 4.19. The molecule has 1 atom stereocenters. The molecule has 1 saturated heterocycles. The van der Waals surface area contributed by atoms with E-state index in [1.54, 1.807) is 12.1 Å². The van der Waals surface area contributed by atoms with Crippen molar-refractivity contribution in [1.82, 2.24) is 24.3 Å². The summed E-state index contributed by atoms with van der Waals surface area (Å²) in [6.07, 6.45) is 1.24. The Hall–Kier alpha value is -3.53. The first-order valence-electron chi connectivity index (χ1n) is 10.3. The van der Waals surface area contributed by atoms with Crippen LogP contribution in [0.25, 0.3) is 16.8 Å². The van der Waals surface area contributed by atoms with Gasteiger partial charge in [-0.2, -0.15) is 13.2 Å². The maximum atomic E-state index is 13.9. The van der Waals surface area contributed by atoms with Crippen molar-refractivity contribution in [2.45, 2.75) is 18.5 Å². The number of amides is 1. The lowest BCUT2D eigenvalue weighted by molar-refractivity contribution is -0.136. The second-order valence-corrected chi connectivity index (χ2v) is 8.36. The van der Waals surface area contributed by atoms with Gasteiger partial charge in [0, 0.05) is 48.7 Å². The highest BCUT2D eigenvalue weighted by Gasteiger charge is 2.37. The Labute approximate surface area is 195 Å². The smallest absolute Gasteiger partial charge is 0.337 e. The van der Waals surface area contributed by atoms with E-state index in [2.05, 4.69) is 15.0 Å². The Morgan fingerprint density at radius 1 is 1.12 bits per heavy atom. The van der Waals surface area contributed by atoms with Gasteiger partial charge in [0.05, 0.1) is 5.56 Å². The summed E-state index contributed by atoms with van der Waals surface area (Å²) in [5, 5.41) is -0.224. The molecule has 1 amide bonds. The van der Waals surface area contributed by atoms with Crippen LogP contribution in [0.4, 0.5) is 17.6 Å². The maximum absolute atomic E-state index is 13.9. The van der Waals surface area contributed by atoms with Gasteiger partial charge in [0.2, 0.25) is 0 Å². The number of benzene rings is 1. The molecule has 1 aliphatic heterocycles. The predicted molar refractivity (Wildman–Crippen MR) is 116 cm³/mol. The van der Waals surface area contributed by atoms with Crippen LogP contribution in [0.3, 0.4) is 0 Å². The van der Waals surface area contributed by atoms with E-state index in [0.29, 0.717) is 18.5 Å². The molecular formula is C23H16ClF4N5O. The second-order valence-electron chi connectivity index (χ2n) is 8.00. The van der Waals surface area contributed by atoms with Gasteiger partial charge in [0.1, 0.15) is 17.3 Å². The molecule has 0 saturated carbocycles. The number of nitrogens with zero attached hydrogens (tertiary/aromatic N) is 5. The van der Waals surface area contributed by atoms with Crippen molar-refractivity contribution < 1.29 is 22.4 Å². The summed E-state index contributed by atoms with van der Waals surface area (Å²) < 4.78 is 56.3. The molecule has 0 bridgehead atoms. The molecule has 0 aliphatic carbocycles. The number of carbonyl (C=O) groups is 1. The van der Waals surface area contributed by atoms with Crippen molar-refractivity contribution in [3.8, 4) is 11.1 Å². The third kappa shape index (κ3) is 3.98. The fraction of sp³-hybridized carbons (Fsp3) is 0.217. The second kappa shape index (κ2) is 8.35. The van der Waals surface area contributed by atoms with E-state index in [0.717, 1.165) is 16.0 Å². The van der Waals surface area contributed by atoms with Gasteiger partial charge >= 0.3 is 6.18 Å². The van der Waals surface area contributed by atoms with Crippen LogP contribution in [0.2, 0.25) is 5.15 Å². The zero-order valence-corrected chi connectivity index (χ0v) is 18.2. The van der Waals surface area contributed by atoms with E-state index in [9.17, 15) is 22.4 Å². The Morgan fingerprint density at radius 3 is 2.59 bits per heavy atom. The molecule has 1 aromatic carbocycles. The minimum atomic E-state index is -4.74. The topological polar surface area (TPSA) is 63.4 Å². The Kier molecular flexibility index (Phi) is 5.47. The predicted octanol–water partition coefficient (Wildman–Crippen LogP) is 5.23. The van der Waals surface area contributed by atoms with Gasteiger partial charge in [-0.05, 0) is 30.2 Å². The molecule has 1 aliphatic rings. The number of halogens is 5. The molecular weight excluding hydrogens is 474 g/mol. The molecule has 0 spiro atoms. The van der Waals surface area contributed by atoms with Crippen LogP contribution in [0.5, 0.6) is 0 Å². The van der Waals surface area contributed by atoms with Crippen molar-refractivity contribution in [3.05, 3.63) is 83.0 Å². The molecule has 4 aromatic rings. The Bertz CT molecular complexity index is 1390. The summed E-state index contributed by atoms with van der Waals surface area (Å²) in [5.74, 6) is -1.04. The molecule has 174 valence electrons. The van der Waals surface area contributed by atoms with E-state index in [1.807, 2.05) is 0 Å². The molecule has 4 heterocycles. The maximum Gasteiger partial charge on any atom is 0.420 e. The minimum Gasteiger partial charge on any atom is -0.337 e. The van der Waals surface area contributed by atoms with Gasteiger partial charge in [-0.1, -0.05) is 23.7 Å². The van der Waals surface area contributed by atoms with Crippen LogP contribution in [-0.2, 0) is 6.18 Å². The molecule has 5 rings (SSSR count). The molecule has 3 aromatic heterocycles. The van der Waals surface area contributed by atoms with Crippen molar-refractivity contribution in [2.75, 3.05) is 13.1 Å². The minimum absolute atomic E-state index is 0.0918. The Morgan fingerprint density at radius 2 is 1.88 bits per heavy atom. The lowest BCUT2D eigenvalue weighted by Gasteiger charge is -2.15. The number of alkyl halides is 3. The first-order valence-corrected chi connectivity index (χ1v) is 10.7. The van der Waals surface area contributed by atoms with Gasteiger partial charge in [-0.25, -0.2) is 19.3 Å². The number of likely N-dealkylation sites (tertiary alicyclic amines) is 1. The van der Waals surface area contributed by atoms with Crippen LogP contribution in [-0.4, -0.2) is 43.2 Å². The summed E-state index contributed by atoms with van der Waals surface area (Å²) in [4.78, 5) is 26.3. The van der Waals surface area contributed by atoms with Crippen LogP contribution in [0, 0.1) is 5.82 Å². The van der Waals surface area contributed by atoms with Gasteiger partial charge in [0.25, 0.3) is 5.91 Å². The van der Waals surface area contributed by atoms with Crippen LogP contribution in [0.1, 0.15) is 34.0 Å². The SMILES string of the molecule is O=C(c1nc2c(C(F)(F)F)cc(-c3cncnc3)cn2c1Cl)N1CCC(c2cccc(F)c2)C1. The largest absolute Gasteiger partial charge is 0.420 e. The first-order chi connectivity index (χ1) is 16.2. The molecule has 1 fully saturated rings. The normalized spacial score (nSPS) is 16.4. The number of hydrogen-bond donors (Lipinski definition) is 0. The van der Waals surface area contributed by atoms with E-state index in [1.165, 1.54) is 42.0 Å². The van der Waals surface area contributed by atoms with Crippen molar-refractivity contribution in [2.24, 2.45) is 0 Å². The molecule has 6 nitrogen and oxygen atoms in total. The van der Waals surface area contributed by atoms with Crippen LogP contribution in [0.15, 0.2) is 55.2 Å². The van der Waals surface area contributed by atoms with Gasteiger partial charge in [-0.15, -0.1) is 0 Å². The van der Waals surface area contributed by atoms with Gasteiger partial charge in [0.15, 0.2) is 11.3 Å². The van der Waals surface area contributed by atoms with Crippen LogP contribution < -0.4 is 0 Å². The Balaban J connectivity index is 1.53. The summed E-state index contributed by atoms with van der Waals surface area (Å²) in [6.45, 7) is 0.633. The standard InChI is InChI=1S/C23H16ClF4N5O/c24-20-19(22(34)32-5-4-14(10-32)13-2-1-3-17(25)6-13)31-21-18(23(26,27)28)7-15(11-33(20)21)16-8-29-12-30-9-16/h1-3,6-9,11-12,14H,4-5,10H2. The number of fused-ring (bicyclic) bond motifs is 1. The van der Waals surface area contributed by atoms with Crippen molar-refractivity contribution in [1.29, 1.82) is 0 Å². The van der Waals surface area contributed by atoms with Crippen molar-refractivity contribution >= 4 is 23.2 Å². The molecule has 34 heavy (non-hydrogen) atoms. The molecule has 0 radical (unpaired) electrons. The zero-order valence-electron chi connectivity index (χ0n) is 17.4. The first kappa shape index (κ1) is 22.3. The van der Waals surface area contributed by atoms with E-state index in [-0.39, 0.29) is 34.7 Å². The van der Waals surface area contributed by atoms with Crippen molar-refractivity contribution in [3.63, 3.8) is 0 Å². The number of hydrogen-bond acceptors (Lipinski definition) is 4. The summed E-state index contributed by atoms with van der Waals surface area (Å²) in [6, 6.07) is 7.07. The van der Waals surface area contributed by atoms with Crippen LogP contribution >= 0.6 is 11.6 Å². The average Bonchev–Trinajstić information content (AvgIpc) is 3.44. The highest BCUT2D eigenvalue weighted by Crippen LogP contribution is 2.37. The number of carbonyl (C=O) groups excluding carboxylic acids is 1. The van der Waals surface area contributed by atoms with E-state index in [4.69, 9.17) is 11.6 Å². The molecule has 11 heteroatoms.